The van der Waals surface area contributed by atoms with Crippen LogP contribution in [0.15, 0.2) is 23.1 Å². The number of hydrogen-bond acceptors (Lipinski definition) is 6. The molecule has 36 heavy (non-hydrogen) atoms. The van der Waals surface area contributed by atoms with E-state index in [9.17, 15) is 18.3 Å². The third kappa shape index (κ3) is 6.06. The Hall–Kier alpha value is -1.68. The van der Waals surface area contributed by atoms with Crippen molar-refractivity contribution in [3.05, 3.63) is 23.8 Å². The fraction of sp³-hybridized carbons (Fsp3) is 0.741. The van der Waals surface area contributed by atoms with E-state index in [1.54, 1.807) is 6.07 Å². The van der Waals surface area contributed by atoms with E-state index >= 15 is 0 Å². The number of amides is 1. The van der Waals surface area contributed by atoms with E-state index in [0.717, 1.165) is 37.8 Å². The number of aliphatic hydroxyl groups excluding tert-OH is 1. The zero-order valence-corrected chi connectivity index (χ0v) is 22.3. The van der Waals surface area contributed by atoms with E-state index in [1.165, 1.54) is 25.7 Å². The highest BCUT2D eigenvalue weighted by atomic mass is 32.2. The van der Waals surface area contributed by atoms with Gasteiger partial charge in [0.05, 0.1) is 12.7 Å². The first-order valence-corrected chi connectivity index (χ1v) is 15.1. The van der Waals surface area contributed by atoms with E-state index in [1.807, 2.05) is 24.1 Å². The Kier molecular flexibility index (Phi) is 7.64. The SMILES string of the molecule is CN1CC(O)CNS(=O)(=O)c2ccc(C3CCCC3)cc2OCC2(CCN(C(=O)CC3CC3)CC2)C1. The molecule has 9 heteroatoms. The van der Waals surface area contributed by atoms with Crippen molar-refractivity contribution in [1.82, 2.24) is 14.5 Å². The van der Waals surface area contributed by atoms with Gasteiger partial charge in [0.25, 0.3) is 0 Å². The Labute approximate surface area is 215 Å². The first-order chi connectivity index (χ1) is 17.2. The Bertz CT molecular complexity index is 1040. The van der Waals surface area contributed by atoms with Gasteiger partial charge >= 0.3 is 0 Å². The molecule has 1 unspecified atom stereocenters. The van der Waals surface area contributed by atoms with Crippen LogP contribution >= 0.6 is 0 Å². The van der Waals surface area contributed by atoms with Gasteiger partial charge in [-0.05, 0) is 75.1 Å². The minimum absolute atomic E-state index is 0.0487. The number of sulfonamides is 1. The van der Waals surface area contributed by atoms with Gasteiger partial charge in [-0.3, -0.25) is 4.79 Å². The summed E-state index contributed by atoms with van der Waals surface area (Å²) < 4.78 is 35.4. The van der Waals surface area contributed by atoms with Crippen LogP contribution in [0.5, 0.6) is 5.75 Å². The van der Waals surface area contributed by atoms with E-state index in [4.69, 9.17) is 4.74 Å². The molecule has 1 amide bonds. The summed E-state index contributed by atoms with van der Waals surface area (Å²) >= 11 is 0. The van der Waals surface area contributed by atoms with E-state index in [2.05, 4.69) is 9.62 Å². The largest absolute Gasteiger partial charge is 0.492 e. The minimum atomic E-state index is -3.83. The summed E-state index contributed by atoms with van der Waals surface area (Å²) in [6, 6.07) is 5.52. The third-order valence-electron chi connectivity index (χ3n) is 8.59. The lowest BCUT2D eigenvalue weighted by molar-refractivity contribution is -0.134. The number of fused-ring (bicyclic) bond motifs is 1. The first kappa shape index (κ1) is 25.9. The molecule has 4 aliphatic rings. The van der Waals surface area contributed by atoms with Crippen LogP contribution in [-0.2, 0) is 14.8 Å². The fourth-order valence-electron chi connectivity index (χ4n) is 6.23. The number of piperidine rings is 1. The molecule has 1 aromatic rings. The maximum Gasteiger partial charge on any atom is 0.244 e. The zero-order chi connectivity index (χ0) is 25.3. The van der Waals surface area contributed by atoms with Crippen molar-refractivity contribution in [3.8, 4) is 5.75 Å². The van der Waals surface area contributed by atoms with Gasteiger partial charge in [-0.1, -0.05) is 18.9 Å². The average Bonchev–Trinajstić information content (AvgIpc) is 3.49. The second kappa shape index (κ2) is 10.6. The molecule has 8 nitrogen and oxygen atoms in total. The van der Waals surface area contributed by atoms with Gasteiger partial charge in [0.1, 0.15) is 10.6 Å². The van der Waals surface area contributed by atoms with Gasteiger partial charge in [-0.2, -0.15) is 0 Å². The summed E-state index contributed by atoms with van der Waals surface area (Å²) in [6.07, 6.45) is 8.43. The van der Waals surface area contributed by atoms with E-state index < -0.39 is 16.1 Å². The summed E-state index contributed by atoms with van der Waals surface area (Å²) in [4.78, 5) is 16.9. The molecule has 2 aliphatic heterocycles. The maximum atomic E-state index is 13.2. The molecule has 2 aliphatic carbocycles. The number of β-amino-alcohol motifs (C(OH)–C–C–N with tert-alkyl or cyclic N) is 1. The second-order valence-electron chi connectivity index (χ2n) is 11.7. The van der Waals surface area contributed by atoms with Crippen molar-refractivity contribution >= 4 is 15.9 Å². The van der Waals surface area contributed by atoms with Crippen LogP contribution < -0.4 is 9.46 Å². The van der Waals surface area contributed by atoms with Gasteiger partial charge in [0.2, 0.25) is 15.9 Å². The molecule has 1 spiro atoms. The van der Waals surface area contributed by atoms with Crippen LogP contribution in [-0.4, -0.2) is 81.7 Å². The molecule has 0 radical (unpaired) electrons. The molecule has 3 fully saturated rings. The topological polar surface area (TPSA) is 99.2 Å². The maximum absolute atomic E-state index is 13.2. The van der Waals surface area contributed by atoms with Gasteiger partial charge in [-0.25, -0.2) is 13.1 Å². The van der Waals surface area contributed by atoms with Crippen LogP contribution in [0, 0.1) is 11.3 Å². The highest BCUT2D eigenvalue weighted by Gasteiger charge is 2.39. The summed E-state index contributed by atoms with van der Waals surface area (Å²) in [5, 5.41) is 10.6. The van der Waals surface area contributed by atoms with Crippen LogP contribution in [0.3, 0.4) is 0 Å². The average molecular weight is 520 g/mol. The molecule has 5 rings (SSSR count). The fourth-order valence-corrected chi connectivity index (χ4v) is 7.42. The molecular formula is C27H41N3O5S. The lowest BCUT2D eigenvalue weighted by Gasteiger charge is -2.44. The molecule has 200 valence electrons. The normalized spacial score (nSPS) is 27.6. The van der Waals surface area contributed by atoms with Gasteiger partial charge in [-0.15, -0.1) is 0 Å². The number of ether oxygens (including phenoxy) is 1. The Morgan fingerprint density at radius 2 is 1.89 bits per heavy atom. The van der Waals surface area contributed by atoms with Crippen molar-refractivity contribution in [1.29, 1.82) is 0 Å². The molecule has 0 aromatic heterocycles. The zero-order valence-electron chi connectivity index (χ0n) is 21.5. The molecule has 1 saturated heterocycles. The predicted molar refractivity (Wildman–Crippen MR) is 137 cm³/mol. The lowest BCUT2D eigenvalue weighted by Crippen LogP contribution is -2.51. The summed E-state index contributed by atoms with van der Waals surface area (Å²) in [5.41, 5.74) is 0.919. The number of benzene rings is 1. The number of likely N-dealkylation sites (tertiary alicyclic amines) is 1. The molecular weight excluding hydrogens is 478 g/mol. The number of rotatable bonds is 3. The van der Waals surface area contributed by atoms with Crippen LogP contribution in [0.2, 0.25) is 0 Å². The number of aliphatic hydroxyl groups is 1. The molecule has 1 atom stereocenters. The Morgan fingerprint density at radius 1 is 1.17 bits per heavy atom. The summed E-state index contributed by atoms with van der Waals surface area (Å²) in [7, 11) is -1.87. The van der Waals surface area contributed by atoms with Crippen molar-refractivity contribution in [3.63, 3.8) is 0 Å². The number of carbonyl (C=O) groups excluding carboxylic acids is 1. The van der Waals surface area contributed by atoms with Crippen LogP contribution in [0.4, 0.5) is 0 Å². The van der Waals surface area contributed by atoms with Crippen molar-refractivity contribution in [2.24, 2.45) is 11.3 Å². The molecule has 1 aromatic carbocycles. The second-order valence-corrected chi connectivity index (χ2v) is 13.4. The van der Waals surface area contributed by atoms with Crippen molar-refractivity contribution in [2.75, 3.05) is 46.4 Å². The first-order valence-electron chi connectivity index (χ1n) is 13.6. The molecule has 2 N–H and O–H groups in total. The number of carbonyl (C=O) groups is 1. The highest BCUT2D eigenvalue weighted by molar-refractivity contribution is 7.89. The van der Waals surface area contributed by atoms with Gasteiger partial charge in [0.15, 0.2) is 0 Å². The number of nitrogens with one attached hydrogen (secondary N) is 1. The smallest absolute Gasteiger partial charge is 0.244 e. The Balaban J connectivity index is 1.40. The van der Waals surface area contributed by atoms with Crippen molar-refractivity contribution < 1.29 is 23.1 Å². The van der Waals surface area contributed by atoms with Gasteiger partial charge in [0, 0.05) is 44.6 Å². The monoisotopic (exact) mass is 519 g/mol. The molecule has 2 heterocycles. The number of likely N-dealkylation sites (N-methyl/N-ethyl adjacent to an activating group) is 1. The third-order valence-corrected chi connectivity index (χ3v) is 10.1. The quantitative estimate of drug-likeness (QED) is 0.637. The Morgan fingerprint density at radius 3 is 2.58 bits per heavy atom. The summed E-state index contributed by atoms with van der Waals surface area (Å²) in [5.74, 6) is 1.68. The summed E-state index contributed by atoms with van der Waals surface area (Å²) in [6.45, 7) is 2.81. The van der Waals surface area contributed by atoms with Crippen molar-refractivity contribution in [2.45, 2.75) is 74.7 Å². The standard InChI is InChI=1S/C27H41N3O5S/c1-29-17-23(31)16-28-36(33,34)25-9-8-22(21-4-2-3-5-21)15-24(25)35-19-27(18-29)10-12-30(13-11-27)26(32)14-20-6-7-20/h8-9,15,20-21,23,28,31H,2-7,10-14,16-19H2,1H3. The predicted octanol–water partition coefficient (Wildman–Crippen LogP) is 2.72. The number of hydrogen-bond donors (Lipinski definition) is 2. The molecule has 0 bridgehead atoms. The molecule has 2 saturated carbocycles. The van der Waals surface area contributed by atoms with E-state index in [0.29, 0.717) is 50.2 Å². The van der Waals surface area contributed by atoms with Crippen LogP contribution in [0.25, 0.3) is 0 Å². The lowest BCUT2D eigenvalue weighted by atomic mass is 9.78. The minimum Gasteiger partial charge on any atom is -0.492 e. The van der Waals surface area contributed by atoms with Gasteiger partial charge < -0.3 is 19.6 Å². The highest BCUT2D eigenvalue weighted by Crippen LogP contribution is 2.40. The van der Waals surface area contributed by atoms with E-state index in [-0.39, 0.29) is 22.8 Å². The number of nitrogens with zero attached hydrogens (tertiary/aromatic N) is 2. The van der Waals surface area contributed by atoms with Crippen LogP contribution in [0.1, 0.15) is 69.3 Å².